The SMILES string of the molecule is CN(C(=O)C(NCc1ccccc1)c1ccccc1)c1ccccc1Br. The number of anilines is 1. The van der Waals surface area contributed by atoms with Crippen molar-refractivity contribution in [1.29, 1.82) is 0 Å². The number of amides is 1. The second-order valence-electron chi connectivity index (χ2n) is 6.06. The van der Waals surface area contributed by atoms with Gasteiger partial charge in [0.25, 0.3) is 0 Å². The van der Waals surface area contributed by atoms with Crippen molar-refractivity contribution in [2.45, 2.75) is 12.6 Å². The van der Waals surface area contributed by atoms with Gasteiger partial charge in [0.15, 0.2) is 0 Å². The van der Waals surface area contributed by atoms with Crippen LogP contribution in [0.15, 0.2) is 89.4 Å². The fraction of sp³-hybridized carbons (Fsp3) is 0.136. The van der Waals surface area contributed by atoms with Crippen LogP contribution in [0.3, 0.4) is 0 Å². The number of hydrogen-bond donors (Lipinski definition) is 1. The fourth-order valence-electron chi connectivity index (χ4n) is 2.85. The third-order valence-electron chi connectivity index (χ3n) is 4.28. The predicted octanol–water partition coefficient (Wildman–Crippen LogP) is 4.94. The Morgan fingerprint density at radius 1 is 0.923 bits per heavy atom. The summed E-state index contributed by atoms with van der Waals surface area (Å²) in [6.07, 6.45) is 0. The van der Waals surface area contributed by atoms with Crippen molar-refractivity contribution in [3.63, 3.8) is 0 Å². The molecule has 0 aromatic heterocycles. The monoisotopic (exact) mass is 408 g/mol. The molecule has 0 saturated carbocycles. The number of carbonyl (C=O) groups excluding carboxylic acids is 1. The summed E-state index contributed by atoms with van der Waals surface area (Å²) in [6, 6.07) is 27.3. The summed E-state index contributed by atoms with van der Waals surface area (Å²) >= 11 is 3.53. The minimum Gasteiger partial charge on any atom is -0.313 e. The van der Waals surface area contributed by atoms with Gasteiger partial charge in [0.1, 0.15) is 6.04 Å². The van der Waals surface area contributed by atoms with E-state index >= 15 is 0 Å². The van der Waals surface area contributed by atoms with Crippen molar-refractivity contribution in [3.05, 3.63) is 101 Å². The first kappa shape index (κ1) is 18.4. The average Bonchev–Trinajstić information content (AvgIpc) is 2.69. The molecule has 0 aliphatic carbocycles. The van der Waals surface area contributed by atoms with E-state index in [0.717, 1.165) is 21.3 Å². The maximum Gasteiger partial charge on any atom is 0.248 e. The van der Waals surface area contributed by atoms with Crippen LogP contribution in [0.2, 0.25) is 0 Å². The predicted molar refractivity (Wildman–Crippen MR) is 110 cm³/mol. The van der Waals surface area contributed by atoms with E-state index in [-0.39, 0.29) is 5.91 Å². The Balaban J connectivity index is 1.85. The number of halogens is 1. The minimum absolute atomic E-state index is 0.000897. The molecule has 1 N–H and O–H groups in total. The lowest BCUT2D eigenvalue weighted by Crippen LogP contribution is -2.39. The number of benzene rings is 3. The van der Waals surface area contributed by atoms with Gasteiger partial charge in [-0.3, -0.25) is 10.1 Å². The first-order valence-corrected chi connectivity index (χ1v) is 9.30. The van der Waals surface area contributed by atoms with Gasteiger partial charge >= 0.3 is 0 Å². The molecule has 26 heavy (non-hydrogen) atoms. The van der Waals surface area contributed by atoms with E-state index in [4.69, 9.17) is 0 Å². The second kappa shape index (κ2) is 8.79. The molecule has 3 aromatic rings. The van der Waals surface area contributed by atoms with Crippen LogP contribution in [-0.4, -0.2) is 13.0 Å². The summed E-state index contributed by atoms with van der Waals surface area (Å²) in [4.78, 5) is 15.0. The van der Waals surface area contributed by atoms with Gasteiger partial charge < -0.3 is 4.90 Å². The molecular formula is C22H21BrN2O. The highest BCUT2D eigenvalue weighted by Gasteiger charge is 2.25. The Morgan fingerprint density at radius 3 is 2.15 bits per heavy atom. The van der Waals surface area contributed by atoms with E-state index in [2.05, 4.69) is 33.4 Å². The van der Waals surface area contributed by atoms with Gasteiger partial charge in [-0.15, -0.1) is 0 Å². The lowest BCUT2D eigenvalue weighted by molar-refractivity contribution is -0.120. The van der Waals surface area contributed by atoms with Crippen LogP contribution in [-0.2, 0) is 11.3 Å². The van der Waals surface area contributed by atoms with Gasteiger partial charge in [0.05, 0.1) is 5.69 Å². The van der Waals surface area contributed by atoms with Crippen LogP contribution >= 0.6 is 15.9 Å². The van der Waals surface area contributed by atoms with Crippen LogP contribution in [0.5, 0.6) is 0 Å². The Morgan fingerprint density at radius 2 is 1.50 bits per heavy atom. The van der Waals surface area contributed by atoms with Gasteiger partial charge in [-0.2, -0.15) is 0 Å². The van der Waals surface area contributed by atoms with Gasteiger partial charge in [-0.05, 0) is 39.2 Å². The summed E-state index contributed by atoms with van der Waals surface area (Å²) in [7, 11) is 1.81. The number of carbonyl (C=O) groups is 1. The fourth-order valence-corrected chi connectivity index (χ4v) is 3.40. The number of para-hydroxylation sites is 1. The molecule has 132 valence electrons. The van der Waals surface area contributed by atoms with E-state index in [9.17, 15) is 4.79 Å². The third kappa shape index (κ3) is 4.40. The summed E-state index contributed by atoms with van der Waals surface area (Å²) < 4.78 is 0.894. The molecule has 0 aliphatic rings. The van der Waals surface area contributed by atoms with Gasteiger partial charge in [-0.1, -0.05) is 72.8 Å². The van der Waals surface area contributed by atoms with Crippen molar-refractivity contribution in [2.75, 3.05) is 11.9 Å². The van der Waals surface area contributed by atoms with Gasteiger partial charge in [0.2, 0.25) is 5.91 Å². The Labute approximate surface area is 162 Å². The third-order valence-corrected chi connectivity index (χ3v) is 4.95. The smallest absolute Gasteiger partial charge is 0.248 e. The maximum atomic E-state index is 13.3. The number of hydrogen-bond acceptors (Lipinski definition) is 2. The summed E-state index contributed by atoms with van der Waals surface area (Å²) in [6.45, 7) is 0.621. The topological polar surface area (TPSA) is 32.3 Å². The molecule has 4 heteroatoms. The lowest BCUT2D eigenvalue weighted by Gasteiger charge is -2.26. The van der Waals surface area contributed by atoms with Crippen LogP contribution in [0, 0.1) is 0 Å². The number of likely N-dealkylation sites (N-methyl/N-ethyl adjacent to an activating group) is 1. The lowest BCUT2D eigenvalue weighted by atomic mass is 10.0. The van der Waals surface area contributed by atoms with Gasteiger partial charge in [0, 0.05) is 18.1 Å². The minimum atomic E-state index is -0.423. The zero-order valence-corrected chi connectivity index (χ0v) is 16.2. The molecule has 0 fully saturated rings. The van der Waals surface area contributed by atoms with E-state index in [1.807, 2.05) is 79.8 Å². The molecule has 0 radical (unpaired) electrons. The second-order valence-corrected chi connectivity index (χ2v) is 6.91. The van der Waals surface area contributed by atoms with E-state index in [0.29, 0.717) is 6.54 Å². The Hall–Kier alpha value is -2.43. The molecule has 0 bridgehead atoms. The molecule has 0 aliphatic heterocycles. The first-order valence-electron chi connectivity index (χ1n) is 8.51. The van der Waals surface area contributed by atoms with Crippen LogP contribution in [0.4, 0.5) is 5.69 Å². The number of nitrogens with one attached hydrogen (secondary N) is 1. The average molecular weight is 409 g/mol. The van der Waals surface area contributed by atoms with Crippen molar-refractivity contribution < 1.29 is 4.79 Å². The summed E-state index contributed by atoms with van der Waals surface area (Å²) in [5.74, 6) is -0.000897. The largest absolute Gasteiger partial charge is 0.313 e. The highest BCUT2D eigenvalue weighted by molar-refractivity contribution is 9.10. The Kier molecular flexibility index (Phi) is 6.21. The van der Waals surface area contributed by atoms with E-state index < -0.39 is 6.04 Å². The van der Waals surface area contributed by atoms with Crippen LogP contribution in [0.1, 0.15) is 17.2 Å². The van der Waals surface area contributed by atoms with Crippen molar-refractivity contribution in [2.24, 2.45) is 0 Å². The Bertz CT molecular complexity index is 852. The van der Waals surface area contributed by atoms with Crippen molar-refractivity contribution in [3.8, 4) is 0 Å². The number of nitrogens with zero attached hydrogens (tertiary/aromatic N) is 1. The van der Waals surface area contributed by atoms with Crippen molar-refractivity contribution >= 4 is 27.5 Å². The maximum absolute atomic E-state index is 13.3. The summed E-state index contributed by atoms with van der Waals surface area (Å²) in [5, 5.41) is 3.42. The molecule has 3 aromatic carbocycles. The van der Waals surface area contributed by atoms with Crippen LogP contribution < -0.4 is 10.2 Å². The van der Waals surface area contributed by atoms with E-state index in [1.54, 1.807) is 4.90 Å². The quantitative estimate of drug-likeness (QED) is 0.625. The zero-order chi connectivity index (χ0) is 18.4. The van der Waals surface area contributed by atoms with Crippen LogP contribution in [0.25, 0.3) is 0 Å². The molecule has 0 spiro atoms. The highest BCUT2D eigenvalue weighted by Crippen LogP contribution is 2.27. The van der Waals surface area contributed by atoms with Gasteiger partial charge in [-0.25, -0.2) is 0 Å². The molecular weight excluding hydrogens is 388 g/mol. The molecule has 0 saturated heterocycles. The molecule has 1 amide bonds. The molecule has 0 heterocycles. The molecule has 3 nitrogen and oxygen atoms in total. The first-order chi connectivity index (χ1) is 12.7. The standard InChI is InChI=1S/C22H21BrN2O/c1-25(20-15-9-8-14-19(20)23)22(26)21(18-12-6-3-7-13-18)24-16-17-10-4-2-5-11-17/h2-15,21,24H,16H2,1H3. The molecule has 1 unspecified atom stereocenters. The molecule has 1 atom stereocenters. The summed E-state index contributed by atoms with van der Waals surface area (Å²) in [5.41, 5.74) is 2.94. The highest BCUT2D eigenvalue weighted by atomic mass is 79.9. The number of rotatable bonds is 6. The molecule has 3 rings (SSSR count). The van der Waals surface area contributed by atoms with E-state index in [1.165, 1.54) is 0 Å². The van der Waals surface area contributed by atoms with Crippen molar-refractivity contribution in [1.82, 2.24) is 5.32 Å². The zero-order valence-electron chi connectivity index (χ0n) is 14.6. The normalized spacial score (nSPS) is 11.8.